The molecule has 0 aromatic carbocycles. The molecule has 3 fully saturated rings. The van der Waals surface area contributed by atoms with Crippen molar-refractivity contribution in [3.8, 4) is 0 Å². The summed E-state index contributed by atoms with van der Waals surface area (Å²) >= 11 is 0. The van der Waals surface area contributed by atoms with Gasteiger partial charge in [0.1, 0.15) is 0 Å². The van der Waals surface area contributed by atoms with E-state index in [0.29, 0.717) is 0 Å². The molecule has 19 heavy (non-hydrogen) atoms. The number of nitrogens with one attached hydrogen (secondary N) is 1. The molecule has 2 heterocycles. The van der Waals surface area contributed by atoms with E-state index in [0.717, 1.165) is 24.3 Å². The van der Waals surface area contributed by atoms with Gasteiger partial charge < -0.3 is 10.2 Å². The average Bonchev–Trinajstić information content (AvgIpc) is 2.75. The Kier molecular flexibility index (Phi) is 6.61. The highest BCUT2D eigenvalue weighted by Gasteiger charge is 2.52. The van der Waals surface area contributed by atoms with Crippen LogP contribution in [0.1, 0.15) is 6.92 Å². The van der Waals surface area contributed by atoms with E-state index in [4.69, 9.17) is 0 Å². The van der Waals surface area contributed by atoms with Gasteiger partial charge in [-0.05, 0) is 37.8 Å². The Morgan fingerprint density at radius 2 is 1.58 bits per heavy atom. The first-order valence-corrected chi connectivity index (χ1v) is 7.04. The Labute approximate surface area is 129 Å². The fourth-order valence-electron chi connectivity index (χ4n) is 3.63. The van der Waals surface area contributed by atoms with Gasteiger partial charge in [-0.15, -0.1) is 24.8 Å². The second-order valence-corrected chi connectivity index (χ2v) is 6.18. The predicted octanol–water partition coefficient (Wildman–Crippen LogP) is 1.49. The first-order chi connectivity index (χ1) is 8.24. The number of hydrogen-bond donors (Lipinski definition) is 1. The number of hydrogen-bond acceptors (Lipinski definition) is 3. The smallest absolute Gasteiger partial charge is 0.0188 e. The molecular weight excluding hydrogens is 281 g/mol. The molecule has 0 bridgehead atoms. The monoisotopic (exact) mass is 307 g/mol. The molecule has 5 heteroatoms. The Bertz CT molecular complexity index is 293. The van der Waals surface area contributed by atoms with Crippen LogP contribution in [-0.4, -0.2) is 62.2 Å². The molecule has 0 spiro atoms. The van der Waals surface area contributed by atoms with Gasteiger partial charge in [0.2, 0.25) is 0 Å². The molecule has 3 aliphatic rings. The summed E-state index contributed by atoms with van der Waals surface area (Å²) in [5.74, 6) is 3.05. The van der Waals surface area contributed by atoms with E-state index in [9.17, 15) is 0 Å². The van der Waals surface area contributed by atoms with Crippen molar-refractivity contribution < 1.29 is 0 Å². The van der Waals surface area contributed by atoms with Gasteiger partial charge >= 0.3 is 0 Å². The molecule has 3 atom stereocenters. The lowest BCUT2D eigenvalue weighted by Crippen LogP contribution is -2.47. The molecule has 1 N–H and O–H groups in total. The second-order valence-electron chi connectivity index (χ2n) is 6.18. The molecule has 3 rings (SSSR count). The number of halogens is 2. The zero-order valence-electron chi connectivity index (χ0n) is 11.8. The summed E-state index contributed by atoms with van der Waals surface area (Å²) in [6.45, 7) is 16.1. The van der Waals surface area contributed by atoms with Crippen LogP contribution in [0.5, 0.6) is 0 Å². The van der Waals surface area contributed by atoms with Crippen LogP contribution in [0.15, 0.2) is 12.2 Å². The highest BCUT2D eigenvalue weighted by Crippen LogP contribution is 2.48. The van der Waals surface area contributed by atoms with E-state index < -0.39 is 0 Å². The van der Waals surface area contributed by atoms with Crippen LogP contribution in [0.2, 0.25) is 0 Å². The first kappa shape index (κ1) is 17.3. The Hall–Kier alpha value is 0.200. The summed E-state index contributed by atoms with van der Waals surface area (Å²) < 4.78 is 0. The summed E-state index contributed by atoms with van der Waals surface area (Å²) in [7, 11) is 0. The SMILES string of the molecule is C=C(C)CN1CCN(CC2[C@H]3CNC[C@@H]23)CC1.Cl.Cl. The Morgan fingerprint density at radius 1 is 1.05 bits per heavy atom. The van der Waals surface area contributed by atoms with Gasteiger partial charge in [-0.25, -0.2) is 0 Å². The van der Waals surface area contributed by atoms with Crippen molar-refractivity contribution in [3.63, 3.8) is 0 Å². The Balaban J connectivity index is 0.000000902. The summed E-state index contributed by atoms with van der Waals surface area (Å²) in [5.41, 5.74) is 1.29. The zero-order chi connectivity index (χ0) is 11.8. The molecule has 0 amide bonds. The van der Waals surface area contributed by atoms with Crippen LogP contribution >= 0.6 is 24.8 Å². The van der Waals surface area contributed by atoms with Gasteiger partial charge in [0.15, 0.2) is 0 Å². The topological polar surface area (TPSA) is 18.5 Å². The quantitative estimate of drug-likeness (QED) is 0.794. The summed E-state index contributed by atoms with van der Waals surface area (Å²) in [4.78, 5) is 5.21. The molecule has 0 aromatic heterocycles. The summed E-state index contributed by atoms with van der Waals surface area (Å²) in [6.07, 6.45) is 0. The lowest BCUT2D eigenvalue weighted by molar-refractivity contribution is 0.132. The minimum Gasteiger partial charge on any atom is -0.316 e. The van der Waals surface area contributed by atoms with Crippen LogP contribution in [-0.2, 0) is 0 Å². The van der Waals surface area contributed by atoms with Crippen LogP contribution < -0.4 is 5.32 Å². The molecule has 112 valence electrons. The maximum Gasteiger partial charge on any atom is 0.0188 e. The molecule has 1 saturated carbocycles. The number of piperidine rings is 1. The van der Waals surface area contributed by atoms with Crippen LogP contribution in [0.25, 0.3) is 0 Å². The van der Waals surface area contributed by atoms with Gasteiger partial charge in [0, 0.05) is 39.3 Å². The van der Waals surface area contributed by atoms with Crippen molar-refractivity contribution in [1.29, 1.82) is 0 Å². The van der Waals surface area contributed by atoms with Crippen LogP contribution in [0.4, 0.5) is 0 Å². The largest absolute Gasteiger partial charge is 0.316 e. The molecule has 2 aliphatic heterocycles. The molecule has 0 aromatic rings. The van der Waals surface area contributed by atoms with Gasteiger partial charge in [-0.2, -0.15) is 0 Å². The normalized spacial score (nSPS) is 34.1. The van der Waals surface area contributed by atoms with E-state index in [1.807, 2.05) is 0 Å². The van der Waals surface area contributed by atoms with Crippen LogP contribution in [0, 0.1) is 17.8 Å². The fraction of sp³-hybridized carbons (Fsp3) is 0.857. The van der Waals surface area contributed by atoms with Crippen molar-refractivity contribution in [2.45, 2.75) is 6.92 Å². The van der Waals surface area contributed by atoms with Gasteiger partial charge in [-0.3, -0.25) is 4.90 Å². The number of nitrogens with zero attached hydrogens (tertiary/aromatic N) is 2. The number of fused-ring (bicyclic) bond motifs is 1. The van der Waals surface area contributed by atoms with Crippen molar-refractivity contribution in [3.05, 3.63) is 12.2 Å². The maximum atomic E-state index is 4.00. The van der Waals surface area contributed by atoms with Gasteiger partial charge in [0.05, 0.1) is 0 Å². The Morgan fingerprint density at radius 3 is 2.11 bits per heavy atom. The van der Waals surface area contributed by atoms with Crippen molar-refractivity contribution in [2.24, 2.45) is 17.8 Å². The lowest BCUT2D eigenvalue weighted by Gasteiger charge is -2.35. The van der Waals surface area contributed by atoms with E-state index in [1.54, 1.807) is 0 Å². The third-order valence-electron chi connectivity index (χ3n) is 4.70. The molecule has 0 radical (unpaired) electrons. The fourth-order valence-corrected chi connectivity index (χ4v) is 3.63. The summed E-state index contributed by atoms with van der Waals surface area (Å²) in [6, 6.07) is 0. The van der Waals surface area contributed by atoms with E-state index in [1.165, 1.54) is 51.4 Å². The highest BCUT2D eigenvalue weighted by molar-refractivity contribution is 5.85. The third kappa shape index (κ3) is 4.08. The molecule has 1 unspecified atom stereocenters. The van der Waals surface area contributed by atoms with Gasteiger partial charge in [0.25, 0.3) is 0 Å². The summed E-state index contributed by atoms with van der Waals surface area (Å²) in [5, 5.41) is 3.48. The van der Waals surface area contributed by atoms with Crippen molar-refractivity contribution in [2.75, 3.05) is 52.4 Å². The third-order valence-corrected chi connectivity index (χ3v) is 4.70. The lowest BCUT2D eigenvalue weighted by atomic mass is 10.2. The minimum absolute atomic E-state index is 0. The zero-order valence-corrected chi connectivity index (χ0v) is 13.4. The highest BCUT2D eigenvalue weighted by atomic mass is 35.5. The molecule has 1 aliphatic carbocycles. The standard InChI is InChI=1S/C14H25N3.2ClH/c1-11(2)9-16-3-5-17(6-4-16)10-14-12-7-15-8-13(12)14;;/h12-15H,1,3-10H2,2H3;2*1H/t12-,13+,14?;;. The predicted molar refractivity (Wildman–Crippen MR) is 85.5 cm³/mol. The first-order valence-electron chi connectivity index (χ1n) is 7.04. The molecule has 3 nitrogen and oxygen atoms in total. The molecular formula is C14H27Cl2N3. The van der Waals surface area contributed by atoms with E-state index in [2.05, 4.69) is 28.6 Å². The number of rotatable bonds is 4. The van der Waals surface area contributed by atoms with Crippen LogP contribution in [0.3, 0.4) is 0 Å². The van der Waals surface area contributed by atoms with Crippen molar-refractivity contribution >= 4 is 24.8 Å². The van der Waals surface area contributed by atoms with E-state index in [-0.39, 0.29) is 24.8 Å². The minimum atomic E-state index is 0. The molecule has 2 saturated heterocycles. The second kappa shape index (κ2) is 7.28. The maximum absolute atomic E-state index is 4.00. The van der Waals surface area contributed by atoms with E-state index >= 15 is 0 Å². The number of piperazine rings is 1. The van der Waals surface area contributed by atoms with Crippen molar-refractivity contribution in [1.82, 2.24) is 15.1 Å². The average molecular weight is 308 g/mol. The van der Waals surface area contributed by atoms with Gasteiger partial charge in [-0.1, -0.05) is 12.2 Å².